The Morgan fingerprint density at radius 2 is 2.46 bits per heavy atom. The van der Waals surface area contributed by atoms with E-state index in [0.717, 1.165) is 24.8 Å². The highest BCUT2D eigenvalue weighted by atomic mass is 79.9. The van der Waals surface area contributed by atoms with Crippen LogP contribution in [0, 0.1) is 0 Å². The Bertz CT molecular complexity index is 180. The number of halogens is 1. The second-order valence-corrected chi connectivity index (χ2v) is 4.10. The lowest BCUT2D eigenvalue weighted by Crippen LogP contribution is -2.42. The van der Waals surface area contributed by atoms with E-state index in [-0.39, 0.29) is 18.1 Å². The first kappa shape index (κ1) is 11.0. The molecule has 0 bridgehead atoms. The Balaban J connectivity index is 2.45. The van der Waals surface area contributed by atoms with Crippen LogP contribution in [0.15, 0.2) is 0 Å². The van der Waals surface area contributed by atoms with Crippen molar-refractivity contribution in [2.24, 2.45) is 0 Å². The van der Waals surface area contributed by atoms with E-state index in [1.165, 1.54) is 0 Å². The van der Waals surface area contributed by atoms with Crippen molar-refractivity contribution < 1.29 is 9.53 Å². The van der Waals surface area contributed by atoms with Gasteiger partial charge in [0.25, 0.3) is 5.91 Å². The predicted molar refractivity (Wildman–Crippen MR) is 55.0 cm³/mol. The Kier molecular flexibility index (Phi) is 4.19. The molecule has 0 aromatic rings. The molecule has 4 heteroatoms. The van der Waals surface area contributed by atoms with Crippen LogP contribution in [0.25, 0.3) is 0 Å². The Morgan fingerprint density at radius 3 is 2.92 bits per heavy atom. The molecule has 1 saturated heterocycles. The lowest BCUT2D eigenvalue weighted by Gasteiger charge is -2.25. The number of carbonyl (C=O) groups is 1. The van der Waals surface area contributed by atoms with E-state index in [1.54, 1.807) is 4.90 Å². The van der Waals surface area contributed by atoms with Crippen molar-refractivity contribution in [1.82, 2.24) is 4.90 Å². The summed E-state index contributed by atoms with van der Waals surface area (Å²) in [6.07, 6.45) is 1.69. The maximum absolute atomic E-state index is 11.7. The van der Waals surface area contributed by atoms with Crippen molar-refractivity contribution in [1.29, 1.82) is 0 Å². The van der Waals surface area contributed by atoms with Gasteiger partial charge < -0.3 is 9.64 Å². The summed E-state index contributed by atoms with van der Waals surface area (Å²) in [6.45, 7) is 2.74. The summed E-state index contributed by atoms with van der Waals surface area (Å²) in [5, 5.41) is 0.808. The fourth-order valence-corrected chi connectivity index (χ4v) is 1.75. The average molecular weight is 250 g/mol. The number of hydrogen-bond donors (Lipinski definition) is 0. The summed E-state index contributed by atoms with van der Waals surface area (Å²) < 4.78 is 5.32. The Hall–Kier alpha value is -0.0900. The van der Waals surface area contributed by atoms with E-state index >= 15 is 0 Å². The molecule has 13 heavy (non-hydrogen) atoms. The second-order valence-electron chi connectivity index (χ2n) is 3.45. The molecular formula is C9H16BrNO2. The zero-order valence-corrected chi connectivity index (χ0v) is 9.71. The molecule has 1 rings (SSSR count). The van der Waals surface area contributed by atoms with Crippen LogP contribution in [-0.4, -0.2) is 41.9 Å². The van der Waals surface area contributed by atoms with E-state index in [1.807, 2.05) is 14.0 Å². The number of nitrogens with zero attached hydrogens (tertiary/aromatic N) is 1. The van der Waals surface area contributed by atoms with E-state index in [4.69, 9.17) is 4.74 Å². The van der Waals surface area contributed by atoms with E-state index < -0.39 is 0 Å². The predicted octanol–water partition coefficient (Wildman–Crippen LogP) is 1.41. The second kappa shape index (κ2) is 4.96. The first-order valence-corrected chi connectivity index (χ1v) is 5.73. The van der Waals surface area contributed by atoms with E-state index in [2.05, 4.69) is 15.9 Å². The minimum atomic E-state index is -0.188. The van der Waals surface area contributed by atoms with Crippen LogP contribution in [0.5, 0.6) is 0 Å². The number of amides is 1. The topological polar surface area (TPSA) is 29.5 Å². The van der Waals surface area contributed by atoms with E-state index in [9.17, 15) is 4.79 Å². The largest absolute Gasteiger partial charge is 0.368 e. The zero-order valence-electron chi connectivity index (χ0n) is 8.12. The van der Waals surface area contributed by atoms with Gasteiger partial charge in [-0.1, -0.05) is 15.9 Å². The van der Waals surface area contributed by atoms with Crippen molar-refractivity contribution in [2.75, 3.05) is 19.0 Å². The number of likely N-dealkylation sites (N-methyl/N-ethyl adjacent to an activating group) is 1. The van der Waals surface area contributed by atoms with Gasteiger partial charge in [0.05, 0.1) is 0 Å². The highest BCUT2D eigenvalue weighted by molar-refractivity contribution is 9.09. The molecule has 2 atom stereocenters. The monoisotopic (exact) mass is 249 g/mol. The third-order valence-corrected chi connectivity index (χ3v) is 3.37. The minimum Gasteiger partial charge on any atom is -0.368 e. The number of alkyl halides is 1. The van der Waals surface area contributed by atoms with Crippen molar-refractivity contribution in [2.45, 2.75) is 31.9 Å². The highest BCUT2D eigenvalue weighted by Gasteiger charge is 2.27. The Morgan fingerprint density at radius 1 is 1.77 bits per heavy atom. The van der Waals surface area contributed by atoms with Crippen LogP contribution < -0.4 is 0 Å². The number of hydrogen-bond acceptors (Lipinski definition) is 2. The molecule has 0 aromatic heterocycles. The van der Waals surface area contributed by atoms with Crippen LogP contribution >= 0.6 is 15.9 Å². The number of carbonyl (C=O) groups excluding carboxylic acids is 1. The molecule has 1 aliphatic heterocycles. The molecule has 0 spiro atoms. The van der Waals surface area contributed by atoms with Crippen LogP contribution in [-0.2, 0) is 9.53 Å². The molecule has 76 valence electrons. The third kappa shape index (κ3) is 2.68. The van der Waals surface area contributed by atoms with Gasteiger partial charge in [-0.2, -0.15) is 0 Å². The molecule has 0 saturated carbocycles. The molecule has 1 amide bonds. The SMILES string of the molecule is CC(CBr)N(C)C(=O)C1CCCO1. The summed E-state index contributed by atoms with van der Waals surface area (Å²) in [7, 11) is 1.83. The molecule has 0 aromatic carbocycles. The van der Waals surface area contributed by atoms with Gasteiger partial charge in [0.15, 0.2) is 0 Å². The van der Waals surface area contributed by atoms with Gasteiger partial charge in [0.2, 0.25) is 0 Å². The summed E-state index contributed by atoms with van der Waals surface area (Å²) in [6, 6.07) is 0.233. The van der Waals surface area contributed by atoms with Gasteiger partial charge in [0, 0.05) is 25.0 Å². The van der Waals surface area contributed by atoms with Crippen LogP contribution in [0.3, 0.4) is 0 Å². The van der Waals surface area contributed by atoms with Crippen molar-refractivity contribution in [3.05, 3.63) is 0 Å². The maximum atomic E-state index is 11.7. The van der Waals surface area contributed by atoms with Gasteiger partial charge >= 0.3 is 0 Å². The van der Waals surface area contributed by atoms with Gasteiger partial charge in [0.1, 0.15) is 6.10 Å². The lowest BCUT2D eigenvalue weighted by molar-refractivity contribution is -0.140. The molecule has 1 fully saturated rings. The summed E-state index contributed by atoms with van der Waals surface area (Å²) in [5.74, 6) is 0.115. The zero-order chi connectivity index (χ0) is 9.84. The first-order chi connectivity index (χ1) is 6.16. The van der Waals surface area contributed by atoms with Gasteiger partial charge in [-0.3, -0.25) is 4.79 Å². The highest BCUT2D eigenvalue weighted by Crippen LogP contribution is 2.15. The molecule has 0 aliphatic carbocycles. The fourth-order valence-electron chi connectivity index (χ4n) is 1.32. The van der Waals surface area contributed by atoms with Crippen molar-refractivity contribution in [3.8, 4) is 0 Å². The summed E-state index contributed by atoms with van der Waals surface area (Å²) in [4.78, 5) is 13.5. The third-order valence-electron chi connectivity index (χ3n) is 2.44. The molecule has 0 N–H and O–H groups in total. The van der Waals surface area contributed by atoms with Crippen LogP contribution in [0.2, 0.25) is 0 Å². The van der Waals surface area contributed by atoms with Crippen molar-refractivity contribution in [3.63, 3.8) is 0 Å². The van der Waals surface area contributed by atoms with Gasteiger partial charge in [-0.05, 0) is 19.8 Å². The minimum absolute atomic E-state index is 0.115. The lowest BCUT2D eigenvalue weighted by atomic mass is 10.2. The summed E-state index contributed by atoms with van der Waals surface area (Å²) in [5.41, 5.74) is 0. The standard InChI is InChI=1S/C9H16BrNO2/c1-7(6-10)11(2)9(12)8-4-3-5-13-8/h7-8H,3-6H2,1-2H3. The Labute approximate surface area is 87.6 Å². The molecular weight excluding hydrogens is 234 g/mol. The van der Waals surface area contributed by atoms with Gasteiger partial charge in [-0.25, -0.2) is 0 Å². The summed E-state index contributed by atoms with van der Waals surface area (Å²) >= 11 is 3.36. The smallest absolute Gasteiger partial charge is 0.251 e. The maximum Gasteiger partial charge on any atom is 0.251 e. The van der Waals surface area contributed by atoms with Crippen LogP contribution in [0.1, 0.15) is 19.8 Å². The fraction of sp³-hybridized carbons (Fsp3) is 0.889. The van der Waals surface area contributed by atoms with E-state index in [0.29, 0.717) is 0 Å². The first-order valence-electron chi connectivity index (χ1n) is 4.61. The average Bonchev–Trinajstić information content (AvgIpc) is 2.67. The van der Waals surface area contributed by atoms with Crippen LogP contribution in [0.4, 0.5) is 0 Å². The normalized spacial score (nSPS) is 24.4. The molecule has 1 aliphatic rings. The molecule has 3 nitrogen and oxygen atoms in total. The van der Waals surface area contributed by atoms with Gasteiger partial charge in [-0.15, -0.1) is 0 Å². The molecule has 2 unspecified atom stereocenters. The number of rotatable bonds is 3. The molecule has 1 heterocycles. The quantitative estimate of drug-likeness (QED) is 0.709. The molecule has 0 radical (unpaired) electrons. The van der Waals surface area contributed by atoms with Crippen molar-refractivity contribution >= 4 is 21.8 Å². The number of ether oxygens (including phenoxy) is 1.